The quantitative estimate of drug-likeness (QED) is 0.772. The number of halogens is 1. The number of hydrogen-bond acceptors (Lipinski definition) is 3. The lowest BCUT2D eigenvalue weighted by Crippen LogP contribution is -2.29. The van der Waals surface area contributed by atoms with Gasteiger partial charge in [-0.15, -0.1) is 0 Å². The molecule has 1 aromatic rings. The molecule has 1 amide bonds. The fourth-order valence-corrected chi connectivity index (χ4v) is 2.30. The number of aromatic nitrogens is 1. The molecule has 5 heteroatoms. The van der Waals surface area contributed by atoms with Gasteiger partial charge in [-0.1, -0.05) is 21.1 Å². The van der Waals surface area contributed by atoms with E-state index in [2.05, 4.69) is 21.1 Å². The van der Waals surface area contributed by atoms with Crippen LogP contribution in [0.5, 0.6) is 0 Å². The Kier molecular flexibility index (Phi) is 3.09. The monoisotopic (exact) mass is 272 g/mol. The van der Waals surface area contributed by atoms with Gasteiger partial charge >= 0.3 is 0 Å². The fourth-order valence-electron chi connectivity index (χ4n) is 1.77. The van der Waals surface area contributed by atoms with Gasteiger partial charge in [0.15, 0.2) is 5.69 Å². The van der Waals surface area contributed by atoms with Gasteiger partial charge in [0.2, 0.25) is 0 Å². The average molecular weight is 273 g/mol. The number of likely N-dealkylation sites (tertiary alicyclic amines) is 1. The highest BCUT2D eigenvalue weighted by atomic mass is 79.9. The third-order valence-electron chi connectivity index (χ3n) is 2.64. The Balaban J connectivity index is 2.03. The van der Waals surface area contributed by atoms with Crippen molar-refractivity contribution in [1.29, 1.82) is 0 Å². The van der Waals surface area contributed by atoms with E-state index in [1.54, 1.807) is 13.0 Å². The lowest BCUT2D eigenvalue weighted by molar-refractivity contribution is 0.0778. The van der Waals surface area contributed by atoms with Crippen molar-refractivity contribution >= 4 is 21.8 Å². The fraction of sp³-hybridized carbons (Fsp3) is 0.600. The highest BCUT2D eigenvalue weighted by molar-refractivity contribution is 9.09. The summed E-state index contributed by atoms with van der Waals surface area (Å²) in [5.41, 5.74) is 0.419. The van der Waals surface area contributed by atoms with Crippen LogP contribution in [-0.4, -0.2) is 34.4 Å². The van der Waals surface area contributed by atoms with Gasteiger partial charge in [0.1, 0.15) is 5.76 Å². The van der Waals surface area contributed by atoms with Crippen molar-refractivity contribution < 1.29 is 9.32 Å². The van der Waals surface area contributed by atoms with Gasteiger partial charge in [-0.25, -0.2) is 0 Å². The number of carbonyl (C=O) groups excluding carboxylic acids is 1. The normalized spacial score (nSPS) is 20.9. The molecule has 1 fully saturated rings. The van der Waals surface area contributed by atoms with Crippen LogP contribution in [0.3, 0.4) is 0 Å². The summed E-state index contributed by atoms with van der Waals surface area (Å²) >= 11 is 3.44. The highest BCUT2D eigenvalue weighted by Crippen LogP contribution is 2.20. The molecule has 0 bridgehead atoms. The van der Waals surface area contributed by atoms with E-state index in [9.17, 15) is 4.79 Å². The van der Waals surface area contributed by atoms with Crippen LogP contribution in [0.1, 0.15) is 22.7 Å². The maximum absolute atomic E-state index is 11.9. The third kappa shape index (κ3) is 2.22. The molecule has 0 N–H and O–H groups in total. The van der Waals surface area contributed by atoms with Crippen LogP contribution in [0.15, 0.2) is 10.6 Å². The molecule has 0 radical (unpaired) electrons. The maximum atomic E-state index is 11.9. The summed E-state index contributed by atoms with van der Waals surface area (Å²) in [6.07, 6.45) is 1.06. The summed E-state index contributed by atoms with van der Waals surface area (Å²) in [5, 5.41) is 4.69. The van der Waals surface area contributed by atoms with Gasteiger partial charge in [0.05, 0.1) is 0 Å². The first-order valence-corrected chi connectivity index (χ1v) is 6.11. The summed E-state index contributed by atoms with van der Waals surface area (Å²) in [6, 6.07) is 1.68. The lowest BCUT2D eigenvalue weighted by atomic mass is 10.2. The van der Waals surface area contributed by atoms with E-state index in [-0.39, 0.29) is 5.91 Å². The van der Waals surface area contributed by atoms with Gasteiger partial charge in [0, 0.05) is 24.5 Å². The number of nitrogens with zero attached hydrogens (tertiary/aromatic N) is 2. The molecular weight excluding hydrogens is 260 g/mol. The Labute approximate surface area is 96.7 Å². The number of carbonyl (C=O) groups is 1. The molecule has 0 aliphatic carbocycles. The number of amides is 1. The molecule has 82 valence electrons. The third-order valence-corrected chi connectivity index (χ3v) is 3.55. The Morgan fingerprint density at radius 1 is 1.80 bits per heavy atom. The summed E-state index contributed by atoms with van der Waals surface area (Å²) in [7, 11) is 0. The second-order valence-electron chi connectivity index (χ2n) is 3.88. The Hall–Kier alpha value is -0.840. The lowest BCUT2D eigenvalue weighted by Gasteiger charge is -2.13. The van der Waals surface area contributed by atoms with Crippen molar-refractivity contribution in [3.8, 4) is 0 Å². The predicted molar refractivity (Wildman–Crippen MR) is 59.0 cm³/mol. The topological polar surface area (TPSA) is 46.3 Å². The summed E-state index contributed by atoms with van der Waals surface area (Å²) in [5.74, 6) is 1.23. The summed E-state index contributed by atoms with van der Waals surface area (Å²) < 4.78 is 4.89. The van der Waals surface area contributed by atoms with Crippen molar-refractivity contribution in [2.24, 2.45) is 5.92 Å². The molecule has 1 aliphatic rings. The predicted octanol–water partition coefficient (Wildman–Crippen LogP) is 1.84. The molecule has 2 rings (SSSR count). The summed E-state index contributed by atoms with van der Waals surface area (Å²) in [4.78, 5) is 13.7. The minimum Gasteiger partial charge on any atom is -0.361 e. The molecule has 1 saturated heterocycles. The zero-order valence-electron chi connectivity index (χ0n) is 8.57. The van der Waals surface area contributed by atoms with Gasteiger partial charge in [-0.2, -0.15) is 0 Å². The van der Waals surface area contributed by atoms with E-state index in [4.69, 9.17) is 4.52 Å². The van der Waals surface area contributed by atoms with Gasteiger partial charge in [-0.3, -0.25) is 4.79 Å². The number of alkyl halides is 1. The highest BCUT2D eigenvalue weighted by Gasteiger charge is 2.27. The van der Waals surface area contributed by atoms with Crippen molar-refractivity contribution in [2.45, 2.75) is 13.3 Å². The molecule has 0 saturated carbocycles. The van der Waals surface area contributed by atoms with E-state index < -0.39 is 0 Å². The first-order valence-electron chi connectivity index (χ1n) is 4.99. The van der Waals surface area contributed by atoms with Crippen LogP contribution < -0.4 is 0 Å². The molecular formula is C10H13BrN2O2. The molecule has 2 heterocycles. The van der Waals surface area contributed by atoms with Crippen molar-refractivity contribution in [1.82, 2.24) is 10.1 Å². The second-order valence-corrected chi connectivity index (χ2v) is 4.53. The first kappa shape index (κ1) is 10.7. The van der Waals surface area contributed by atoms with Crippen LogP contribution in [0.25, 0.3) is 0 Å². The van der Waals surface area contributed by atoms with Gasteiger partial charge < -0.3 is 9.42 Å². The zero-order valence-corrected chi connectivity index (χ0v) is 10.2. The smallest absolute Gasteiger partial charge is 0.276 e. The number of hydrogen-bond donors (Lipinski definition) is 0. The number of aryl methyl sites for hydroxylation is 1. The second kappa shape index (κ2) is 4.35. The van der Waals surface area contributed by atoms with Gasteiger partial charge in [-0.05, 0) is 19.3 Å². The molecule has 1 unspecified atom stereocenters. The van der Waals surface area contributed by atoms with E-state index >= 15 is 0 Å². The SMILES string of the molecule is Cc1cc(C(=O)N2CCC(CBr)C2)no1. The zero-order chi connectivity index (χ0) is 10.8. The maximum Gasteiger partial charge on any atom is 0.276 e. The molecule has 1 aromatic heterocycles. The minimum absolute atomic E-state index is 0.0182. The molecule has 15 heavy (non-hydrogen) atoms. The molecule has 1 aliphatic heterocycles. The van der Waals surface area contributed by atoms with E-state index in [0.717, 1.165) is 24.8 Å². The van der Waals surface area contributed by atoms with Crippen molar-refractivity contribution in [2.75, 3.05) is 18.4 Å². The van der Waals surface area contributed by atoms with Crippen LogP contribution in [0.4, 0.5) is 0 Å². The number of rotatable bonds is 2. The first-order chi connectivity index (χ1) is 7.20. The van der Waals surface area contributed by atoms with E-state index in [1.165, 1.54) is 0 Å². The van der Waals surface area contributed by atoms with Crippen LogP contribution in [0, 0.1) is 12.8 Å². The van der Waals surface area contributed by atoms with Crippen LogP contribution in [-0.2, 0) is 0 Å². The largest absolute Gasteiger partial charge is 0.361 e. The molecule has 0 spiro atoms. The van der Waals surface area contributed by atoms with Crippen LogP contribution in [0.2, 0.25) is 0 Å². The molecule has 0 aromatic carbocycles. The van der Waals surface area contributed by atoms with Crippen molar-refractivity contribution in [3.63, 3.8) is 0 Å². The molecule has 1 atom stereocenters. The standard InChI is InChI=1S/C10H13BrN2O2/c1-7-4-9(12-15-7)10(14)13-3-2-8(5-11)6-13/h4,8H,2-3,5-6H2,1H3. The van der Waals surface area contributed by atoms with Crippen molar-refractivity contribution in [3.05, 3.63) is 17.5 Å². The average Bonchev–Trinajstić information content (AvgIpc) is 2.84. The Bertz CT molecular complexity index is 364. The minimum atomic E-state index is -0.0182. The molecule has 4 nitrogen and oxygen atoms in total. The van der Waals surface area contributed by atoms with Crippen LogP contribution >= 0.6 is 15.9 Å². The summed E-state index contributed by atoms with van der Waals surface area (Å²) in [6.45, 7) is 3.42. The van der Waals surface area contributed by atoms with Gasteiger partial charge in [0.25, 0.3) is 5.91 Å². The van der Waals surface area contributed by atoms with E-state index in [0.29, 0.717) is 17.4 Å². The van der Waals surface area contributed by atoms with E-state index in [1.807, 2.05) is 4.90 Å². The Morgan fingerprint density at radius 3 is 3.13 bits per heavy atom. The Morgan fingerprint density at radius 2 is 2.60 bits per heavy atom.